The summed E-state index contributed by atoms with van der Waals surface area (Å²) in [6.45, 7) is 4.77. The van der Waals surface area contributed by atoms with Gasteiger partial charge in [-0.25, -0.2) is 0 Å². The van der Waals surface area contributed by atoms with Crippen LogP contribution in [0.5, 0.6) is 0 Å². The predicted molar refractivity (Wildman–Crippen MR) is 216 cm³/mol. The second-order valence-electron chi connectivity index (χ2n) is 14.2. The molecule has 242 valence electrons. The lowest BCUT2D eigenvalue weighted by atomic mass is 9.79. The Morgan fingerprint density at radius 2 is 1.14 bits per heavy atom. The fourth-order valence-electron chi connectivity index (χ4n) is 8.63. The number of benzene rings is 8. The molecule has 0 saturated heterocycles. The number of hydrogen-bond donors (Lipinski definition) is 0. The quantitative estimate of drug-likeness (QED) is 0.180. The van der Waals surface area contributed by atoms with Gasteiger partial charge in [0, 0.05) is 38.6 Å². The van der Waals surface area contributed by atoms with Gasteiger partial charge >= 0.3 is 0 Å². The number of fused-ring (bicyclic) bond motifs is 8. The Balaban J connectivity index is 1.26. The number of anilines is 3. The molecule has 1 aromatic heterocycles. The van der Waals surface area contributed by atoms with Crippen LogP contribution in [0, 0.1) is 0 Å². The summed E-state index contributed by atoms with van der Waals surface area (Å²) in [5, 5.41) is 5.04. The first-order valence-corrected chi connectivity index (χ1v) is 17.8. The highest BCUT2D eigenvalue weighted by atomic mass is 15.1. The van der Waals surface area contributed by atoms with Gasteiger partial charge in [0.05, 0.1) is 16.7 Å². The number of hydrogen-bond acceptors (Lipinski definition) is 1. The van der Waals surface area contributed by atoms with Crippen molar-refractivity contribution in [3.63, 3.8) is 0 Å². The van der Waals surface area contributed by atoms with E-state index in [2.05, 4.69) is 205 Å². The summed E-state index contributed by atoms with van der Waals surface area (Å²) in [4.78, 5) is 2.48. The molecule has 0 saturated carbocycles. The first-order chi connectivity index (χ1) is 25.1. The fourth-order valence-corrected chi connectivity index (χ4v) is 8.63. The SMILES string of the molecule is CC1(C)c2ccccc2-c2ccc3cccc(N(c4ccc(-c5ccccc5)cc4)c4ccc5c6ccccc6n(-c6ccccc6)c5c4)c3c21. The molecule has 9 aromatic rings. The number of rotatable bonds is 5. The lowest BCUT2D eigenvalue weighted by Crippen LogP contribution is -2.17. The smallest absolute Gasteiger partial charge is 0.0561 e. The van der Waals surface area contributed by atoms with E-state index in [1.165, 1.54) is 71.6 Å². The van der Waals surface area contributed by atoms with Crippen LogP contribution >= 0.6 is 0 Å². The van der Waals surface area contributed by atoms with Crippen molar-refractivity contribution >= 4 is 49.6 Å². The molecular weight excluding hydrogens is 617 g/mol. The number of aromatic nitrogens is 1. The van der Waals surface area contributed by atoms with Gasteiger partial charge in [0.25, 0.3) is 0 Å². The second kappa shape index (κ2) is 11.3. The highest BCUT2D eigenvalue weighted by Crippen LogP contribution is 2.54. The molecule has 1 heterocycles. The van der Waals surface area contributed by atoms with Crippen molar-refractivity contribution in [1.82, 2.24) is 4.57 Å². The normalized spacial score (nSPS) is 13.1. The molecule has 51 heavy (non-hydrogen) atoms. The number of para-hydroxylation sites is 2. The van der Waals surface area contributed by atoms with Crippen LogP contribution in [0.1, 0.15) is 25.0 Å². The molecule has 0 spiro atoms. The Bertz CT molecular complexity index is 2750. The molecule has 0 aliphatic heterocycles. The summed E-state index contributed by atoms with van der Waals surface area (Å²) >= 11 is 0. The van der Waals surface area contributed by atoms with Crippen LogP contribution in [0.25, 0.3) is 60.5 Å². The van der Waals surface area contributed by atoms with Gasteiger partial charge in [-0.1, -0.05) is 147 Å². The van der Waals surface area contributed by atoms with E-state index in [4.69, 9.17) is 0 Å². The Morgan fingerprint density at radius 1 is 0.471 bits per heavy atom. The highest BCUT2D eigenvalue weighted by molar-refractivity contribution is 6.11. The summed E-state index contributed by atoms with van der Waals surface area (Å²) in [7, 11) is 0. The summed E-state index contributed by atoms with van der Waals surface area (Å²) in [5.74, 6) is 0. The van der Waals surface area contributed by atoms with Crippen molar-refractivity contribution in [2.75, 3.05) is 4.90 Å². The van der Waals surface area contributed by atoms with E-state index < -0.39 is 0 Å². The van der Waals surface area contributed by atoms with E-state index in [9.17, 15) is 0 Å². The summed E-state index contributed by atoms with van der Waals surface area (Å²) in [6.07, 6.45) is 0. The Kier molecular flexibility index (Phi) is 6.56. The maximum atomic E-state index is 2.48. The molecule has 0 bridgehead atoms. The van der Waals surface area contributed by atoms with Crippen LogP contribution in [0.3, 0.4) is 0 Å². The molecule has 1 aliphatic carbocycles. The average Bonchev–Trinajstić information content (AvgIpc) is 3.64. The second-order valence-corrected chi connectivity index (χ2v) is 14.2. The lowest BCUT2D eigenvalue weighted by molar-refractivity contribution is 0.666. The molecule has 0 radical (unpaired) electrons. The summed E-state index contributed by atoms with van der Waals surface area (Å²) < 4.78 is 2.41. The average molecular weight is 653 g/mol. The van der Waals surface area contributed by atoms with Gasteiger partial charge in [0.2, 0.25) is 0 Å². The van der Waals surface area contributed by atoms with Gasteiger partial charge < -0.3 is 9.47 Å². The van der Waals surface area contributed by atoms with Crippen LogP contribution < -0.4 is 4.90 Å². The maximum absolute atomic E-state index is 2.48. The minimum Gasteiger partial charge on any atom is -0.310 e. The van der Waals surface area contributed by atoms with Crippen LogP contribution in [-0.2, 0) is 5.41 Å². The third kappa shape index (κ3) is 4.50. The molecule has 1 aliphatic rings. The molecular formula is C49H36N2. The Labute approximate surface area is 298 Å². The third-order valence-corrected chi connectivity index (χ3v) is 10.9. The molecule has 10 rings (SSSR count). The largest absolute Gasteiger partial charge is 0.310 e. The monoisotopic (exact) mass is 652 g/mol. The van der Waals surface area contributed by atoms with E-state index >= 15 is 0 Å². The molecule has 0 unspecified atom stereocenters. The maximum Gasteiger partial charge on any atom is 0.0561 e. The molecule has 0 atom stereocenters. The predicted octanol–water partition coefficient (Wildman–Crippen LogP) is 13.4. The third-order valence-electron chi connectivity index (χ3n) is 10.9. The van der Waals surface area contributed by atoms with Crippen molar-refractivity contribution in [3.8, 4) is 27.9 Å². The van der Waals surface area contributed by atoms with Crippen molar-refractivity contribution in [3.05, 3.63) is 193 Å². The van der Waals surface area contributed by atoms with Crippen molar-refractivity contribution < 1.29 is 0 Å². The van der Waals surface area contributed by atoms with Crippen LogP contribution in [-0.4, -0.2) is 4.57 Å². The first kappa shape index (κ1) is 29.5. The number of nitrogens with zero attached hydrogens (tertiary/aromatic N) is 2. The van der Waals surface area contributed by atoms with E-state index in [1.807, 2.05) is 0 Å². The minimum atomic E-state index is -0.159. The van der Waals surface area contributed by atoms with Gasteiger partial charge in [0.15, 0.2) is 0 Å². The van der Waals surface area contributed by atoms with Crippen molar-refractivity contribution in [2.45, 2.75) is 19.3 Å². The first-order valence-electron chi connectivity index (χ1n) is 17.8. The van der Waals surface area contributed by atoms with Crippen molar-refractivity contribution in [1.29, 1.82) is 0 Å². The molecule has 0 fully saturated rings. The Hall–Kier alpha value is -6.38. The van der Waals surface area contributed by atoms with Crippen LogP contribution in [0.2, 0.25) is 0 Å². The van der Waals surface area contributed by atoms with E-state index in [-0.39, 0.29) is 5.41 Å². The van der Waals surface area contributed by atoms with Gasteiger partial charge in [-0.2, -0.15) is 0 Å². The minimum absolute atomic E-state index is 0.159. The molecule has 2 heteroatoms. The van der Waals surface area contributed by atoms with Gasteiger partial charge in [-0.15, -0.1) is 0 Å². The van der Waals surface area contributed by atoms with Crippen LogP contribution in [0.15, 0.2) is 182 Å². The lowest BCUT2D eigenvalue weighted by Gasteiger charge is -2.30. The zero-order valence-corrected chi connectivity index (χ0v) is 28.7. The summed E-state index contributed by atoms with van der Waals surface area (Å²) in [6, 6.07) is 66.6. The fraction of sp³-hybridized carbons (Fsp3) is 0.0612. The topological polar surface area (TPSA) is 8.17 Å². The molecule has 8 aromatic carbocycles. The van der Waals surface area contributed by atoms with E-state index in [0.717, 1.165) is 17.1 Å². The van der Waals surface area contributed by atoms with Gasteiger partial charge in [-0.3, -0.25) is 0 Å². The van der Waals surface area contributed by atoms with E-state index in [1.54, 1.807) is 0 Å². The molecule has 0 amide bonds. The Morgan fingerprint density at radius 3 is 1.96 bits per heavy atom. The summed E-state index contributed by atoms with van der Waals surface area (Å²) in [5.41, 5.74) is 14.7. The van der Waals surface area contributed by atoms with Crippen molar-refractivity contribution in [2.24, 2.45) is 0 Å². The molecule has 2 nitrogen and oxygen atoms in total. The van der Waals surface area contributed by atoms with Crippen LogP contribution in [0.4, 0.5) is 17.1 Å². The van der Waals surface area contributed by atoms with Gasteiger partial charge in [-0.05, 0) is 87.3 Å². The highest BCUT2D eigenvalue weighted by Gasteiger charge is 2.37. The zero-order chi connectivity index (χ0) is 34.1. The standard InChI is InChI=1S/C49H36N2/c1-49(2)43-21-11-9-19-39(43)42-30-26-35-16-13-23-45(47(35)48(42)49)50(37-27-24-34(25-28-37)33-14-5-3-6-15-33)38-29-31-41-40-20-10-12-22-44(40)51(46(41)32-38)36-17-7-4-8-18-36/h3-32H,1-2H3. The van der Waals surface area contributed by atoms with Gasteiger partial charge in [0.1, 0.15) is 0 Å². The molecule has 0 N–H and O–H groups in total. The zero-order valence-electron chi connectivity index (χ0n) is 28.7. The van der Waals surface area contributed by atoms with E-state index in [0.29, 0.717) is 0 Å².